The number of benzene rings is 2. The maximum absolute atomic E-state index is 11.9. The number of carbonyl (C=O) groups is 1. The monoisotopic (exact) mass is 269 g/mol. The summed E-state index contributed by atoms with van der Waals surface area (Å²) in [6.07, 6.45) is 1.14. The quantitative estimate of drug-likeness (QED) is 0.891. The molecule has 2 rings (SSSR count). The molecule has 0 saturated heterocycles. The van der Waals surface area contributed by atoms with Gasteiger partial charge in [-0.25, -0.2) is 0 Å². The molecular formula is C17H19NO2. The number of nitrogens with one attached hydrogen (secondary N) is 1. The zero-order valence-electron chi connectivity index (χ0n) is 11.8. The van der Waals surface area contributed by atoms with Crippen molar-refractivity contribution in [1.29, 1.82) is 0 Å². The highest BCUT2D eigenvalue weighted by Crippen LogP contribution is 2.24. The Bertz CT molecular complexity index is 620. The van der Waals surface area contributed by atoms with Gasteiger partial charge in [0.2, 0.25) is 5.91 Å². The van der Waals surface area contributed by atoms with Crippen LogP contribution in [0.4, 0.5) is 5.69 Å². The molecule has 0 fully saturated rings. The number of hydrogen-bond acceptors (Lipinski definition) is 2. The largest absolute Gasteiger partial charge is 0.508 e. The van der Waals surface area contributed by atoms with Crippen molar-refractivity contribution in [3.63, 3.8) is 0 Å². The first-order valence-electron chi connectivity index (χ1n) is 6.70. The van der Waals surface area contributed by atoms with Crippen LogP contribution in [0, 0.1) is 13.8 Å². The molecule has 0 saturated carbocycles. The van der Waals surface area contributed by atoms with Gasteiger partial charge in [-0.05, 0) is 38.0 Å². The van der Waals surface area contributed by atoms with E-state index in [1.165, 1.54) is 5.56 Å². The maximum Gasteiger partial charge on any atom is 0.224 e. The second kappa shape index (κ2) is 6.24. The van der Waals surface area contributed by atoms with Gasteiger partial charge in [0.05, 0.1) is 0 Å². The number of aromatic hydroxyl groups is 1. The first kappa shape index (κ1) is 14.1. The first-order valence-corrected chi connectivity index (χ1v) is 6.70. The third-order valence-electron chi connectivity index (χ3n) is 3.30. The molecule has 0 aliphatic heterocycles. The SMILES string of the molecule is Cc1cccc(CCC(=O)Nc2cccc(O)c2C)c1. The molecule has 0 aliphatic rings. The summed E-state index contributed by atoms with van der Waals surface area (Å²) >= 11 is 0. The van der Waals surface area contributed by atoms with E-state index in [4.69, 9.17) is 0 Å². The fourth-order valence-corrected chi connectivity index (χ4v) is 2.10. The predicted octanol–water partition coefficient (Wildman–Crippen LogP) is 3.58. The lowest BCUT2D eigenvalue weighted by Crippen LogP contribution is -2.13. The van der Waals surface area contributed by atoms with E-state index >= 15 is 0 Å². The van der Waals surface area contributed by atoms with E-state index in [1.54, 1.807) is 25.1 Å². The van der Waals surface area contributed by atoms with Crippen LogP contribution in [0.3, 0.4) is 0 Å². The van der Waals surface area contributed by atoms with Gasteiger partial charge in [0, 0.05) is 17.7 Å². The van der Waals surface area contributed by atoms with Gasteiger partial charge in [-0.15, -0.1) is 0 Å². The smallest absolute Gasteiger partial charge is 0.224 e. The van der Waals surface area contributed by atoms with Crippen molar-refractivity contribution in [2.24, 2.45) is 0 Å². The average molecular weight is 269 g/mol. The van der Waals surface area contributed by atoms with E-state index in [1.807, 2.05) is 25.1 Å². The number of phenolic OH excluding ortho intramolecular Hbond substituents is 1. The molecule has 2 N–H and O–H groups in total. The van der Waals surface area contributed by atoms with Gasteiger partial charge in [-0.1, -0.05) is 35.9 Å². The fourth-order valence-electron chi connectivity index (χ4n) is 2.10. The van der Waals surface area contributed by atoms with Crippen LogP contribution in [0.2, 0.25) is 0 Å². The second-order valence-electron chi connectivity index (χ2n) is 4.99. The Balaban J connectivity index is 1.94. The summed E-state index contributed by atoms with van der Waals surface area (Å²) < 4.78 is 0. The first-order chi connectivity index (χ1) is 9.56. The number of rotatable bonds is 4. The van der Waals surface area contributed by atoms with Crippen LogP contribution in [-0.4, -0.2) is 11.0 Å². The highest BCUT2D eigenvalue weighted by molar-refractivity contribution is 5.91. The number of phenols is 1. The second-order valence-corrected chi connectivity index (χ2v) is 4.99. The lowest BCUT2D eigenvalue weighted by Gasteiger charge is -2.09. The summed E-state index contributed by atoms with van der Waals surface area (Å²) in [7, 11) is 0. The minimum Gasteiger partial charge on any atom is -0.508 e. The molecule has 0 bridgehead atoms. The van der Waals surface area contributed by atoms with Crippen molar-refractivity contribution in [3.05, 3.63) is 59.2 Å². The van der Waals surface area contributed by atoms with Gasteiger partial charge in [0.1, 0.15) is 5.75 Å². The van der Waals surface area contributed by atoms with Gasteiger partial charge >= 0.3 is 0 Å². The predicted molar refractivity (Wildman–Crippen MR) is 81.0 cm³/mol. The molecule has 20 heavy (non-hydrogen) atoms. The number of amides is 1. The third-order valence-corrected chi connectivity index (χ3v) is 3.30. The Hall–Kier alpha value is -2.29. The molecule has 2 aromatic rings. The molecule has 0 aliphatic carbocycles. The highest BCUT2D eigenvalue weighted by atomic mass is 16.3. The van der Waals surface area contributed by atoms with Crippen LogP contribution in [-0.2, 0) is 11.2 Å². The lowest BCUT2D eigenvalue weighted by atomic mass is 10.1. The Morgan fingerprint density at radius 3 is 2.65 bits per heavy atom. The van der Waals surface area contributed by atoms with Gasteiger partial charge in [0.15, 0.2) is 0 Å². The standard InChI is InChI=1S/C17H19NO2/c1-12-5-3-6-14(11-12)9-10-17(20)18-15-7-4-8-16(19)13(15)2/h3-8,11,19H,9-10H2,1-2H3,(H,18,20). The molecule has 3 nitrogen and oxygen atoms in total. The molecule has 0 unspecified atom stereocenters. The number of hydrogen-bond donors (Lipinski definition) is 2. The van der Waals surface area contributed by atoms with Gasteiger partial charge in [-0.2, -0.15) is 0 Å². The fraction of sp³-hybridized carbons (Fsp3) is 0.235. The Morgan fingerprint density at radius 1 is 1.15 bits per heavy atom. The van der Waals surface area contributed by atoms with Crippen LogP contribution >= 0.6 is 0 Å². The van der Waals surface area contributed by atoms with Crippen molar-refractivity contribution in [2.75, 3.05) is 5.32 Å². The average Bonchev–Trinajstić information content (AvgIpc) is 2.42. The molecule has 0 aromatic heterocycles. The van der Waals surface area contributed by atoms with Crippen molar-refractivity contribution in [1.82, 2.24) is 0 Å². The summed E-state index contributed by atoms with van der Waals surface area (Å²) in [4.78, 5) is 11.9. The summed E-state index contributed by atoms with van der Waals surface area (Å²) in [5.41, 5.74) is 3.72. The molecule has 104 valence electrons. The molecule has 0 radical (unpaired) electrons. The number of carbonyl (C=O) groups excluding carboxylic acids is 1. The summed E-state index contributed by atoms with van der Waals surface area (Å²) in [6, 6.07) is 13.3. The van der Waals surface area contributed by atoms with Crippen molar-refractivity contribution in [3.8, 4) is 5.75 Å². The topological polar surface area (TPSA) is 49.3 Å². The van der Waals surface area contributed by atoms with Crippen molar-refractivity contribution < 1.29 is 9.90 Å². The van der Waals surface area contributed by atoms with Crippen LogP contribution in [0.5, 0.6) is 5.75 Å². The maximum atomic E-state index is 11.9. The van der Waals surface area contributed by atoms with E-state index in [9.17, 15) is 9.90 Å². The molecule has 3 heteroatoms. The van der Waals surface area contributed by atoms with Crippen molar-refractivity contribution >= 4 is 11.6 Å². The zero-order chi connectivity index (χ0) is 14.5. The Kier molecular flexibility index (Phi) is 4.41. The number of aryl methyl sites for hydroxylation is 2. The molecule has 0 atom stereocenters. The third kappa shape index (κ3) is 3.60. The van der Waals surface area contributed by atoms with E-state index in [0.717, 1.165) is 5.56 Å². The number of anilines is 1. The van der Waals surface area contributed by atoms with Crippen molar-refractivity contribution in [2.45, 2.75) is 26.7 Å². The summed E-state index contributed by atoms with van der Waals surface area (Å²) in [5.74, 6) is 0.154. The van der Waals surface area contributed by atoms with Crippen LogP contribution in [0.1, 0.15) is 23.1 Å². The van der Waals surface area contributed by atoms with E-state index in [0.29, 0.717) is 24.1 Å². The Morgan fingerprint density at radius 2 is 1.90 bits per heavy atom. The normalized spacial score (nSPS) is 10.3. The molecule has 0 heterocycles. The summed E-state index contributed by atoms with van der Waals surface area (Å²) in [6.45, 7) is 3.82. The van der Waals surface area contributed by atoms with Crippen LogP contribution in [0.15, 0.2) is 42.5 Å². The van der Waals surface area contributed by atoms with E-state index < -0.39 is 0 Å². The Labute approximate surface area is 119 Å². The van der Waals surface area contributed by atoms with E-state index in [2.05, 4.69) is 11.4 Å². The van der Waals surface area contributed by atoms with Gasteiger partial charge < -0.3 is 10.4 Å². The zero-order valence-corrected chi connectivity index (χ0v) is 11.8. The van der Waals surface area contributed by atoms with Crippen LogP contribution < -0.4 is 5.32 Å². The molecule has 0 spiro atoms. The molecule has 2 aromatic carbocycles. The van der Waals surface area contributed by atoms with E-state index in [-0.39, 0.29) is 11.7 Å². The minimum atomic E-state index is -0.0415. The minimum absolute atomic E-state index is 0.0415. The molecule has 1 amide bonds. The van der Waals surface area contributed by atoms with Gasteiger partial charge in [0.25, 0.3) is 0 Å². The van der Waals surface area contributed by atoms with Crippen LogP contribution in [0.25, 0.3) is 0 Å². The lowest BCUT2D eigenvalue weighted by molar-refractivity contribution is -0.116. The highest BCUT2D eigenvalue weighted by Gasteiger charge is 2.07. The summed E-state index contributed by atoms with van der Waals surface area (Å²) in [5, 5.41) is 12.4. The molecular weight excluding hydrogens is 250 g/mol. The van der Waals surface area contributed by atoms with Gasteiger partial charge in [-0.3, -0.25) is 4.79 Å².